The van der Waals surface area contributed by atoms with Crippen molar-refractivity contribution in [1.82, 2.24) is 10.2 Å². The van der Waals surface area contributed by atoms with Gasteiger partial charge in [-0.15, -0.1) is 0 Å². The van der Waals surface area contributed by atoms with E-state index in [2.05, 4.69) is 5.32 Å². The summed E-state index contributed by atoms with van der Waals surface area (Å²) in [5.74, 6) is 1.16. The van der Waals surface area contributed by atoms with Crippen molar-refractivity contribution in [2.24, 2.45) is 0 Å². The molecule has 1 atom stereocenters. The molecule has 2 aromatic rings. The third kappa shape index (κ3) is 5.38. The van der Waals surface area contributed by atoms with Gasteiger partial charge in [0.15, 0.2) is 0 Å². The summed E-state index contributed by atoms with van der Waals surface area (Å²) in [5.41, 5.74) is 0.986. The molecule has 0 saturated carbocycles. The Kier molecular flexibility index (Phi) is 6.81. The van der Waals surface area contributed by atoms with Gasteiger partial charge >= 0.3 is 6.03 Å². The third-order valence-electron chi connectivity index (χ3n) is 3.47. The lowest BCUT2D eigenvalue weighted by atomic mass is 10.2. The van der Waals surface area contributed by atoms with E-state index in [4.69, 9.17) is 4.74 Å². The predicted octanol–water partition coefficient (Wildman–Crippen LogP) is 2.64. The number of urea groups is 1. The SMILES string of the molecule is COc1cccc(CN(C)C(=O)NCC[S@@](=O)c2ccccc2)c1. The Bertz CT molecular complexity index is 692. The van der Waals surface area contributed by atoms with E-state index in [1.54, 1.807) is 19.1 Å². The summed E-state index contributed by atoms with van der Waals surface area (Å²) < 4.78 is 17.3. The quantitative estimate of drug-likeness (QED) is 0.838. The van der Waals surface area contributed by atoms with Crippen molar-refractivity contribution >= 4 is 16.8 Å². The molecular formula is C18H22N2O3S. The maximum atomic E-state index is 12.1. The van der Waals surface area contributed by atoms with Crippen molar-refractivity contribution in [1.29, 1.82) is 0 Å². The number of benzene rings is 2. The fourth-order valence-electron chi connectivity index (χ4n) is 2.19. The smallest absolute Gasteiger partial charge is 0.317 e. The lowest BCUT2D eigenvalue weighted by Gasteiger charge is -2.18. The van der Waals surface area contributed by atoms with Crippen LogP contribution in [0.25, 0.3) is 0 Å². The number of methoxy groups -OCH3 is 1. The summed E-state index contributed by atoms with van der Waals surface area (Å²) in [5, 5.41) is 2.79. The molecule has 128 valence electrons. The number of carbonyl (C=O) groups excluding carboxylic acids is 1. The van der Waals surface area contributed by atoms with E-state index in [-0.39, 0.29) is 6.03 Å². The van der Waals surface area contributed by atoms with Crippen molar-refractivity contribution in [3.05, 3.63) is 60.2 Å². The number of ether oxygens (including phenoxy) is 1. The summed E-state index contributed by atoms with van der Waals surface area (Å²) in [6, 6.07) is 16.6. The maximum Gasteiger partial charge on any atom is 0.317 e. The summed E-state index contributed by atoms with van der Waals surface area (Å²) in [7, 11) is 2.23. The van der Waals surface area contributed by atoms with Crippen LogP contribution in [-0.4, -0.2) is 41.6 Å². The second kappa shape index (κ2) is 9.08. The van der Waals surface area contributed by atoms with Crippen molar-refractivity contribution in [3.63, 3.8) is 0 Å². The molecule has 0 heterocycles. The molecule has 0 spiro atoms. The van der Waals surface area contributed by atoms with Gasteiger partial charge in [0.2, 0.25) is 0 Å². The number of hydrogen-bond donors (Lipinski definition) is 1. The highest BCUT2D eigenvalue weighted by molar-refractivity contribution is 7.85. The molecule has 0 saturated heterocycles. The van der Waals surface area contributed by atoms with E-state index >= 15 is 0 Å². The van der Waals surface area contributed by atoms with Crippen LogP contribution >= 0.6 is 0 Å². The zero-order valence-electron chi connectivity index (χ0n) is 13.9. The van der Waals surface area contributed by atoms with E-state index in [1.165, 1.54) is 0 Å². The first kappa shape index (κ1) is 18.0. The molecule has 0 radical (unpaired) electrons. The largest absolute Gasteiger partial charge is 0.497 e. The Morgan fingerprint density at radius 1 is 1.17 bits per heavy atom. The molecule has 24 heavy (non-hydrogen) atoms. The minimum absolute atomic E-state index is 0.192. The molecule has 0 unspecified atom stereocenters. The predicted molar refractivity (Wildman–Crippen MR) is 95.6 cm³/mol. The summed E-state index contributed by atoms with van der Waals surface area (Å²) in [4.78, 5) is 14.5. The van der Waals surface area contributed by atoms with Gasteiger partial charge < -0.3 is 15.0 Å². The van der Waals surface area contributed by atoms with Gasteiger partial charge in [0.25, 0.3) is 0 Å². The standard InChI is InChI=1S/C18H22N2O3S/c1-20(14-15-7-6-8-16(13-15)23-2)18(21)19-11-12-24(22)17-9-4-3-5-10-17/h3-10,13H,11-12,14H2,1-2H3,(H,19,21)/t24-/m1/s1. The van der Waals surface area contributed by atoms with E-state index in [0.717, 1.165) is 16.2 Å². The molecule has 0 fully saturated rings. The third-order valence-corrected chi connectivity index (χ3v) is 4.84. The van der Waals surface area contributed by atoms with Crippen LogP contribution in [0.2, 0.25) is 0 Å². The number of amides is 2. The van der Waals surface area contributed by atoms with Crippen molar-refractivity contribution < 1.29 is 13.7 Å². The molecule has 2 rings (SSSR count). The fraction of sp³-hybridized carbons (Fsp3) is 0.278. The summed E-state index contributed by atoms with van der Waals surface area (Å²) in [6.07, 6.45) is 0. The lowest BCUT2D eigenvalue weighted by Crippen LogP contribution is -2.38. The second-order valence-corrected chi connectivity index (χ2v) is 6.87. The van der Waals surface area contributed by atoms with Gasteiger partial charge in [0, 0.05) is 30.8 Å². The highest BCUT2D eigenvalue weighted by Gasteiger charge is 2.10. The van der Waals surface area contributed by atoms with Gasteiger partial charge in [0.05, 0.1) is 17.9 Å². The van der Waals surface area contributed by atoms with Crippen LogP contribution in [0.5, 0.6) is 5.75 Å². The molecule has 0 aliphatic heterocycles. The Morgan fingerprint density at radius 2 is 1.92 bits per heavy atom. The van der Waals surface area contributed by atoms with Crippen molar-refractivity contribution in [3.8, 4) is 5.75 Å². The van der Waals surface area contributed by atoms with Gasteiger partial charge in [0.1, 0.15) is 5.75 Å². The van der Waals surface area contributed by atoms with Crippen LogP contribution in [0.4, 0.5) is 4.79 Å². The normalized spacial score (nSPS) is 11.6. The molecule has 1 N–H and O–H groups in total. The molecule has 5 nitrogen and oxygen atoms in total. The van der Waals surface area contributed by atoms with Crippen LogP contribution in [-0.2, 0) is 17.3 Å². The molecule has 0 aliphatic rings. The van der Waals surface area contributed by atoms with Gasteiger partial charge in [-0.05, 0) is 29.8 Å². The highest BCUT2D eigenvalue weighted by Crippen LogP contribution is 2.13. The van der Waals surface area contributed by atoms with E-state index in [0.29, 0.717) is 18.8 Å². The first-order valence-electron chi connectivity index (χ1n) is 7.65. The number of carbonyl (C=O) groups is 1. The number of hydrogen-bond acceptors (Lipinski definition) is 3. The Hall–Kier alpha value is -2.34. The van der Waals surface area contributed by atoms with Gasteiger partial charge in [-0.3, -0.25) is 4.21 Å². The molecule has 0 aromatic heterocycles. The average molecular weight is 346 g/mol. The topological polar surface area (TPSA) is 58.6 Å². The van der Waals surface area contributed by atoms with Crippen LogP contribution in [0, 0.1) is 0 Å². The average Bonchev–Trinajstić information content (AvgIpc) is 2.62. The Labute approximate surface area is 145 Å². The highest BCUT2D eigenvalue weighted by atomic mass is 32.2. The monoisotopic (exact) mass is 346 g/mol. The minimum Gasteiger partial charge on any atom is -0.497 e. The second-order valence-electron chi connectivity index (χ2n) is 5.30. The van der Waals surface area contributed by atoms with Crippen LogP contribution < -0.4 is 10.1 Å². The van der Waals surface area contributed by atoms with Crippen molar-refractivity contribution in [2.45, 2.75) is 11.4 Å². The maximum absolute atomic E-state index is 12.1. The molecule has 2 amide bonds. The molecule has 2 aromatic carbocycles. The van der Waals surface area contributed by atoms with Crippen LogP contribution in [0.15, 0.2) is 59.5 Å². The number of nitrogens with zero attached hydrogens (tertiary/aromatic N) is 1. The van der Waals surface area contributed by atoms with E-state index in [9.17, 15) is 9.00 Å². The van der Waals surface area contributed by atoms with Crippen molar-refractivity contribution in [2.75, 3.05) is 26.5 Å². The Balaban J connectivity index is 1.78. The first-order chi connectivity index (χ1) is 11.6. The molecule has 0 bridgehead atoms. The summed E-state index contributed by atoms with van der Waals surface area (Å²) >= 11 is 0. The molecule has 6 heteroatoms. The van der Waals surface area contributed by atoms with Crippen LogP contribution in [0.3, 0.4) is 0 Å². The fourth-order valence-corrected chi connectivity index (χ4v) is 3.18. The van der Waals surface area contributed by atoms with Gasteiger partial charge in [-0.1, -0.05) is 30.3 Å². The first-order valence-corrected chi connectivity index (χ1v) is 8.97. The molecular weight excluding hydrogens is 324 g/mol. The van der Waals surface area contributed by atoms with Crippen LogP contribution in [0.1, 0.15) is 5.56 Å². The Morgan fingerprint density at radius 3 is 2.62 bits per heavy atom. The van der Waals surface area contributed by atoms with E-state index < -0.39 is 10.8 Å². The van der Waals surface area contributed by atoms with Gasteiger partial charge in [-0.25, -0.2) is 4.79 Å². The number of rotatable bonds is 7. The molecule has 0 aliphatic carbocycles. The number of nitrogens with one attached hydrogen (secondary N) is 1. The lowest BCUT2D eigenvalue weighted by molar-refractivity contribution is 0.207. The van der Waals surface area contributed by atoms with E-state index in [1.807, 2.05) is 54.6 Å². The summed E-state index contributed by atoms with van der Waals surface area (Å²) in [6.45, 7) is 0.841. The zero-order valence-corrected chi connectivity index (χ0v) is 14.7. The minimum atomic E-state index is -1.11. The van der Waals surface area contributed by atoms with Gasteiger partial charge in [-0.2, -0.15) is 0 Å². The zero-order chi connectivity index (χ0) is 17.4.